The third-order valence-corrected chi connectivity index (χ3v) is 10.0. The van der Waals surface area contributed by atoms with Crippen LogP contribution in [0.1, 0.15) is 29.3 Å². The summed E-state index contributed by atoms with van der Waals surface area (Å²) in [6, 6.07) is 21.2. The molecule has 40 heavy (non-hydrogen) atoms. The molecule has 0 spiro atoms. The minimum atomic E-state index is -3.78. The standard InChI is InChI=1S/C30H34N4O4S2/c1-3-23-9-7-12-27-28(23)31-30(39-27)34(18-8-17-33-19-21-38-22-20-33)29(35)24-13-15-26(16-14-24)40(36,37)32(2)25-10-5-4-6-11-25/h4-7,9-16H,3,8,17-22H2,1-2H3. The van der Waals surface area contributed by atoms with Crippen LogP contribution < -0.4 is 9.21 Å². The van der Waals surface area contributed by atoms with Crippen molar-refractivity contribution >= 4 is 48.3 Å². The maximum Gasteiger partial charge on any atom is 0.264 e. The number of thiazole rings is 1. The summed E-state index contributed by atoms with van der Waals surface area (Å²) in [5.74, 6) is -0.195. The molecule has 4 aromatic rings. The first-order chi connectivity index (χ1) is 19.4. The lowest BCUT2D eigenvalue weighted by Crippen LogP contribution is -2.39. The summed E-state index contributed by atoms with van der Waals surface area (Å²) in [6.45, 7) is 6.72. The second-order valence-electron chi connectivity index (χ2n) is 9.71. The first-order valence-electron chi connectivity index (χ1n) is 13.5. The molecule has 1 aromatic heterocycles. The van der Waals surface area contributed by atoms with Crippen LogP contribution in [0.2, 0.25) is 0 Å². The Bertz CT molecular complexity index is 1550. The van der Waals surface area contributed by atoms with Gasteiger partial charge in [0.05, 0.1) is 34.0 Å². The molecule has 8 nitrogen and oxygen atoms in total. The summed E-state index contributed by atoms with van der Waals surface area (Å²) < 4.78 is 34.2. The average Bonchev–Trinajstić information content (AvgIpc) is 3.44. The molecule has 210 valence electrons. The maximum absolute atomic E-state index is 13.9. The molecule has 1 aliphatic heterocycles. The first-order valence-corrected chi connectivity index (χ1v) is 15.8. The van der Waals surface area contributed by atoms with E-state index in [4.69, 9.17) is 9.72 Å². The van der Waals surface area contributed by atoms with Crippen molar-refractivity contribution in [3.63, 3.8) is 0 Å². The highest BCUT2D eigenvalue weighted by Gasteiger charge is 2.25. The Labute approximate surface area is 239 Å². The van der Waals surface area contributed by atoms with Crippen LogP contribution in [0.5, 0.6) is 0 Å². The quantitative estimate of drug-likeness (QED) is 0.262. The second-order valence-corrected chi connectivity index (χ2v) is 12.7. The molecule has 2 heterocycles. The fourth-order valence-corrected chi connectivity index (χ4v) is 7.05. The highest BCUT2D eigenvalue weighted by atomic mass is 32.2. The number of amides is 1. The van der Waals surface area contributed by atoms with E-state index in [1.165, 1.54) is 34.8 Å². The van der Waals surface area contributed by atoms with Crippen molar-refractivity contribution in [2.75, 3.05) is 55.6 Å². The van der Waals surface area contributed by atoms with Gasteiger partial charge in [-0.05, 0) is 60.9 Å². The predicted octanol–water partition coefficient (Wildman–Crippen LogP) is 5.05. The minimum absolute atomic E-state index is 0.127. The molecule has 1 amide bonds. The topological polar surface area (TPSA) is 83.0 Å². The van der Waals surface area contributed by atoms with E-state index in [1.54, 1.807) is 41.3 Å². The minimum Gasteiger partial charge on any atom is -0.379 e. The SMILES string of the molecule is CCc1cccc2sc(N(CCCN3CCOCC3)C(=O)c3ccc(S(=O)(=O)N(C)c4ccccc4)cc3)nc12. The number of ether oxygens (including phenoxy) is 1. The highest BCUT2D eigenvalue weighted by molar-refractivity contribution is 7.92. The third-order valence-electron chi connectivity index (χ3n) is 7.19. The van der Waals surface area contributed by atoms with Crippen molar-refractivity contribution in [3.8, 4) is 0 Å². The number of rotatable bonds is 10. The third kappa shape index (κ3) is 6.05. The molecule has 3 aromatic carbocycles. The van der Waals surface area contributed by atoms with Crippen molar-refractivity contribution in [2.24, 2.45) is 0 Å². The lowest BCUT2D eigenvalue weighted by atomic mass is 10.1. The number of aromatic nitrogens is 1. The van der Waals surface area contributed by atoms with Crippen LogP contribution in [-0.4, -0.2) is 70.6 Å². The molecule has 1 fully saturated rings. The van der Waals surface area contributed by atoms with Gasteiger partial charge in [0.25, 0.3) is 15.9 Å². The van der Waals surface area contributed by atoms with E-state index >= 15 is 0 Å². The van der Waals surface area contributed by atoms with Crippen LogP contribution >= 0.6 is 11.3 Å². The molecular weight excluding hydrogens is 544 g/mol. The van der Waals surface area contributed by atoms with Gasteiger partial charge in [0, 0.05) is 38.8 Å². The smallest absolute Gasteiger partial charge is 0.264 e. The predicted molar refractivity (Wildman–Crippen MR) is 161 cm³/mol. The summed E-state index contributed by atoms with van der Waals surface area (Å²) in [6.07, 6.45) is 1.65. The van der Waals surface area contributed by atoms with Gasteiger partial charge in [-0.1, -0.05) is 48.6 Å². The van der Waals surface area contributed by atoms with Gasteiger partial charge in [-0.15, -0.1) is 0 Å². The zero-order chi connectivity index (χ0) is 28.1. The van der Waals surface area contributed by atoms with E-state index in [9.17, 15) is 13.2 Å². The summed E-state index contributed by atoms with van der Waals surface area (Å²) in [7, 11) is -2.25. The van der Waals surface area contributed by atoms with Crippen molar-refractivity contribution in [1.29, 1.82) is 0 Å². The number of hydrogen-bond donors (Lipinski definition) is 0. The van der Waals surface area contributed by atoms with Crippen molar-refractivity contribution in [2.45, 2.75) is 24.7 Å². The number of anilines is 2. The molecule has 0 aliphatic carbocycles. The van der Waals surface area contributed by atoms with Gasteiger partial charge in [-0.25, -0.2) is 13.4 Å². The van der Waals surface area contributed by atoms with Gasteiger partial charge < -0.3 is 4.74 Å². The molecule has 0 saturated carbocycles. The Morgan fingerprint density at radius 3 is 2.42 bits per heavy atom. The highest BCUT2D eigenvalue weighted by Crippen LogP contribution is 2.32. The first kappa shape index (κ1) is 28.2. The van der Waals surface area contributed by atoms with Crippen LogP contribution in [0, 0.1) is 0 Å². The molecule has 0 unspecified atom stereocenters. The molecule has 1 saturated heterocycles. The number of nitrogens with zero attached hydrogens (tertiary/aromatic N) is 4. The molecule has 0 bridgehead atoms. The van der Waals surface area contributed by atoms with Gasteiger partial charge in [-0.2, -0.15) is 0 Å². The number of carbonyl (C=O) groups excluding carboxylic acids is 1. The number of hydrogen-bond acceptors (Lipinski definition) is 7. The molecule has 0 N–H and O–H groups in total. The van der Waals surface area contributed by atoms with Crippen LogP contribution in [0.15, 0.2) is 77.7 Å². The fraction of sp³-hybridized carbons (Fsp3) is 0.333. The largest absolute Gasteiger partial charge is 0.379 e. The van der Waals surface area contributed by atoms with Crippen LogP contribution in [0.4, 0.5) is 10.8 Å². The van der Waals surface area contributed by atoms with Crippen LogP contribution in [-0.2, 0) is 21.2 Å². The Morgan fingerprint density at radius 2 is 1.73 bits per heavy atom. The normalized spacial score (nSPS) is 14.3. The zero-order valence-corrected chi connectivity index (χ0v) is 24.5. The molecular formula is C30H34N4O4S2. The fourth-order valence-electron chi connectivity index (χ4n) is 4.82. The number of carbonyl (C=O) groups is 1. The number of benzene rings is 3. The summed E-state index contributed by atoms with van der Waals surface area (Å²) in [5.41, 5.74) is 3.07. The van der Waals surface area contributed by atoms with Crippen LogP contribution in [0.3, 0.4) is 0 Å². The van der Waals surface area contributed by atoms with Gasteiger partial charge in [0.15, 0.2) is 5.13 Å². The number of para-hydroxylation sites is 2. The maximum atomic E-state index is 13.9. The monoisotopic (exact) mass is 578 g/mol. The molecule has 5 rings (SSSR count). The number of morpholine rings is 1. The summed E-state index contributed by atoms with van der Waals surface area (Å²) >= 11 is 1.51. The van der Waals surface area contributed by atoms with Crippen LogP contribution in [0.25, 0.3) is 10.2 Å². The van der Waals surface area contributed by atoms with E-state index in [1.807, 2.05) is 18.2 Å². The lowest BCUT2D eigenvalue weighted by molar-refractivity contribution is 0.0376. The Morgan fingerprint density at radius 1 is 1.00 bits per heavy atom. The molecule has 0 radical (unpaired) electrons. The number of fused-ring (bicyclic) bond motifs is 1. The molecule has 0 atom stereocenters. The second kappa shape index (κ2) is 12.5. The van der Waals surface area contributed by atoms with Crippen molar-refractivity contribution in [1.82, 2.24) is 9.88 Å². The van der Waals surface area contributed by atoms with E-state index in [0.29, 0.717) is 22.9 Å². The Kier molecular flexibility index (Phi) is 8.80. The van der Waals surface area contributed by atoms with Crippen molar-refractivity contribution in [3.05, 3.63) is 83.9 Å². The Balaban J connectivity index is 1.40. The van der Waals surface area contributed by atoms with Gasteiger partial charge in [-0.3, -0.25) is 18.9 Å². The van der Waals surface area contributed by atoms with Gasteiger partial charge >= 0.3 is 0 Å². The van der Waals surface area contributed by atoms with Crippen molar-refractivity contribution < 1.29 is 17.9 Å². The van der Waals surface area contributed by atoms with E-state index < -0.39 is 10.0 Å². The summed E-state index contributed by atoms with van der Waals surface area (Å²) in [4.78, 5) is 23.0. The van der Waals surface area contributed by atoms with E-state index in [2.05, 4.69) is 17.9 Å². The van der Waals surface area contributed by atoms with Gasteiger partial charge in [0.1, 0.15) is 0 Å². The summed E-state index contributed by atoms with van der Waals surface area (Å²) in [5, 5.41) is 0.656. The number of aryl methyl sites for hydroxylation is 1. The zero-order valence-electron chi connectivity index (χ0n) is 22.8. The lowest BCUT2D eigenvalue weighted by Gasteiger charge is -2.27. The van der Waals surface area contributed by atoms with Gasteiger partial charge in [0.2, 0.25) is 0 Å². The molecule has 10 heteroatoms. The number of sulfonamides is 1. The van der Waals surface area contributed by atoms with E-state index in [-0.39, 0.29) is 10.8 Å². The van der Waals surface area contributed by atoms with E-state index in [0.717, 1.165) is 61.5 Å². The average molecular weight is 579 g/mol. The Hall–Kier alpha value is -3.31. The molecule has 1 aliphatic rings.